The first kappa shape index (κ1) is 21.6. The van der Waals surface area contributed by atoms with Crippen molar-refractivity contribution in [1.82, 2.24) is 14.5 Å². The van der Waals surface area contributed by atoms with Gasteiger partial charge in [0.2, 0.25) is 5.88 Å². The first-order valence-electron chi connectivity index (χ1n) is 9.92. The summed E-state index contributed by atoms with van der Waals surface area (Å²) in [4.78, 5) is 45.8. The van der Waals surface area contributed by atoms with E-state index in [4.69, 9.17) is 4.74 Å². The molecule has 1 atom stereocenters. The summed E-state index contributed by atoms with van der Waals surface area (Å²) in [7, 11) is 1.45. The fourth-order valence-electron chi connectivity index (χ4n) is 3.52. The van der Waals surface area contributed by atoms with Gasteiger partial charge >= 0.3 is 11.7 Å². The minimum atomic E-state index is -1.22. The van der Waals surface area contributed by atoms with Crippen molar-refractivity contribution in [2.24, 2.45) is 4.99 Å². The van der Waals surface area contributed by atoms with Crippen LogP contribution in [0.4, 0.5) is 0 Å². The number of methoxy groups -OCH3 is 1. The quantitative estimate of drug-likeness (QED) is 0.317. The number of fused-ring (bicyclic) bond motifs is 1. The highest BCUT2D eigenvalue weighted by molar-refractivity contribution is 5.87. The van der Waals surface area contributed by atoms with E-state index in [1.807, 2.05) is 24.3 Å². The predicted molar refractivity (Wildman–Crippen MR) is 122 cm³/mol. The van der Waals surface area contributed by atoms with Crippen LogP contribution in [0.5, 0.6) is 11.6 Å². The van der Waals surface area contributed by atoms with Crippen LogP contribution in [-0.4, -0.2) is 50.1 Å². The molecule has 0 bridgehead atoms. The van der Waals surface area contributed by atoms with Crippen molar-refractivity contribution >= 4 is 23.1 Å². The maximum absolute atomic E-state index is 12.4. The van der Waals surface area contributed by atoms with Gasteiger partial charge < -0.3 is 19.9 Å². The molecule has 168 valence electrons. The minimum Gasteiger partial charge on any atom is -0.497 e. The Labute approximate surface area is 186 Å². The number of ether oxygens (including phenoxy) is 1. The van der Waals surface area contributed by atoms with Gasteiger partial charge in [0, 0.05) is 35.8 Å². The zero-order valence-electron chi connectivity index (χ0n) is 17.5. The SMILES string of the molecule is COc1cccc(-n2c(O)c(C=N[C@H](Cc3c[nH]c4ccccc34)C(=O)O)c(=O)[nH]c2=O)c1. The van der Waals surface area contributed by atoms with Gasteiger partial charge in [0.1, 0.15) is 11.3 Å². The number of benzene rings is 2. The van der Waals surface area contributed by atoms with Crippen molar-refractivity contribution < 1.29 is 19.7 Å². The van der Waals surface area contributed by atoms with Gasteiger partial charge in [-0.05, 0) is 23.8 Å². The van der Waals surface area contributed by atoms with Crippen molar-refractivity contribution in [3.8, 4) is 17.3 Å². The highest BCUT2D eigenvalue weighted by Crippen LogP contribution is 2.21. The highest BCUT2D eigenvalue weighted by Gasteiger charge is 2.20. The topological polar surface area (TPSA) is 150 Å². The van der Waals surface area contributed by atoms with Gasteiger partial charge in [0.05, 0.1) is 12.8 Å². The fraction of sp³-hybridized carbons (Fsp3) is 0.130. The van der Waals surface area contributed by atoms with E-state index in [1.54, 1.807) is 24.4 Å². The molecule has 2 aromatic carbocycles. The largest absolute Gasteiger partial charge is 0.497 e. The molecule has 4 aromatic rings. The van der Waals surface area contributed by atoms with Crippen LogP contribution >= 0.6 is 0 Å². The van der Waals surface area contributed by atoms with E-state index in [1.165, 1.54) is 13.2 Å². The van der Waals surface area contributed by atoms with Gasteiger partial charge in [-0.3, -0.25) is 14.8 Å². The molecular weight excluding hydrogens is 428 g/mol. The maximum atomic E-state index is 12.4. The molecule has 2 heterocycles. The highest BCUT2D eigenvalue weighted by atomic mass is 16.5. The summed E-state index contributed by atoms with van der Waals surface area (Å²) in [5, 5.41) is 21.2. The second-order valence-electron chi connectivity index (χ2n) is 7.23. The number of hydrogen-bond donors (Lipinski definition) is 4. The van der Waals surface area contributed by atoms with Gasteiger partial charge in [-0.25, -0.2) is 14.2 Å². The molecular formula is C23H20N4O6. The van der Waals surface area contributed by atoms with Crippen molar-refractivity contribution in [2.75, 3.05) is 7.11 Å². The second kappa shape index (κ2) is 8.87. The number of carboxylic acid groups (broad SMARTS) is 1. The first-order valence-corrected chi connectivity index (χ1v) is 9.92. The van der Waals surface area contributed by atoms with E-state index in [-0.39, 0.29) is 17.7 Å². The predicted octanol–water partition coefficient (Wildman–Crippen LogP) is 1.84. The molecule has 33 heavy (non-hydrogen) atoms. The summed E-state index contributed by atoms with van der Waals surface area (Å²) >= 11 is 0. The van der Waals surface area contributed by atoms with E-state index < -0.39 is 29.1 Å². The molecule has 0 radical (unpaired) electrons. The zero-order valence-corrected chi connectivity index (χ0v) is 17.5. The molecule has 10 nitrogen and oxygen atoms in total. The maximum Gasteiger partial charge on any atom is 0.335 e. The standard InChI is InChI=1S/C23H20N4O6/c1-33-15-6-4-5-14(10-15)27-21(29)17(20(28)26-23(27)32)12-25-19(22(30)31)9-13-11-24-18-8-3-2-7-16(13)18/h2-8,10-12,19,24,29H,9H2,1H3,(H,30,31)(H,26,28,32)/t19-/m1/s1. The lowest BCUT2D eigenvalue weighted by Gasteiger charge is -2.11. The summed E-state index contributed by atoms with van der Waals surface area (Å²) in [6, 6.07) is 12.5. The Bertz CT molecular complexity index is 1480. The number of aliphatic imine (C=N–C) groups is 1. The summed E-state index contributed by atoms with van der Waals surface area (Å²) in [6.07, 6.45) is 2.74. The average molecular weight is 448 g/mol. The molecule has 0 aliphatic carbocycles. The Morgan fingerprint density at radius 2 is 2.00 bits per heavy atom. The Kier molecular flexibility index (Phi) is 5.81. The van der Waals surface area contributed by atoms with Crippen LogP contribution in [-0.2, 0) is 11.2 Å². The number of hydrogen-bond acceptors (Lipinski definition) is 6. The van der Waals surface area contributed by atoms with Gasteiger partial charge in [0.25, 0.3) is 5.56 Å². The van der Waals surface area contributed by atoms with Gasteiger partial charge in [0.15, 0.2) is 6.04 Å². The normalized spacial score (nSPS) is 12.3. The molecule has 0 saturated heterocycles. The number of carbonyl (C=O) groups is 1. The van der Waals surface area contributed by atoms with Gasteiger partial charge in [-0.15, -0.1) is 0 Å². The summed E-state index contributed by atoms with van der Waals surface area (Å²) in [5.74, 6) is -1.43. The van der Waals surface area contributed by atoms with E-state index >= 15 is 0 Å². The van der Waals surface area contributed by atoms with Crippen LogP contribution in [0.3, 0.4) is 0 Å². The monoisotopic (exact) mass is 448 g/mol. The molecule has 0 spiro atoms. The Balaban J connectivity index is 1.72. The number of carboxylic acids is 1. The van der Waals surface area contributed by atoms with E-state index in [2.05, 4.69) is 15.0 Å². The molecule has 0 aliphatic heterocycles. The summed E-state index contributed by atoms with van der Waals surface area (Å²) in [5.41, 5.74) is -0.248. The lowest BCUT2D eigenvalue weighted by Crippen LogP contribution is -2.31. The van der Waals surface area contributed by atoms with Crippen LogP contribution in [0.2, 0.25) is 0 Å². The number of aromatic amines is 2. The van der Waals surface area contributed by atoms with E-state index in [0.29, 0.717) is 5.75 Å². The molecule has 0 saturated carbocycles. The van der Waals surface area contributed by atoms with Crippen molar-refractivity contribution in [3.63, 3.8) is 0 Å². The fourth-order valence-corrected chi connectivity index (χ4v) is 3.52. The van der Waals surface area contributed by atoms with Crippen molar-refractivity contribution in [1.29, 1.82) is 0 Å². The third-order valence-electron chi connectivity index (χ3n) is 5.19. The number of para-hydroxylation sites is 1. The summed E-state index contributed by atoms with van der Waals surface area (Å²) < 4.78 is 6.01. The molecule has 10 heteroatoms. The third kappa shape index (κ3) is 4.26. The minimum absolute atomic E-state index is 0.0596. The number of aromatic nitrogens is 3. The molecule has 2 aromatic heterocycles. The van der Waals surface area contributed by atoms with Gasteiger partial charge in [-0.2, -0.15) is 0 Å². The number of nitrogens with zero attached hydrogens (tertiary/aromatic N) is 2. The first-order chi connectivity index (χ1) is 15.9. The van der Waals surface area contributed by atoms with Crippen LogP contribution in [0, 0.1) is 0 Å². The molecule has 0 unspecified atom stereocenters. The summed E-state index contributed by atoms with van der Waals surface area (Å²) in [6.45, 7) is 0. The number of aromatic hydroxyl groups is 1. The number of rotatable bonds is 7. The number of H-pyrrole nitrogens is 2. The number of aliphatic carboxylic acids is 1. The third-order valence-corrected chi connectivity index (χ3v) is 5.19. The van der Waals surface area contributed by atoms with Gasteiger partial charge in [-0.1, -0.05) is 24.3 Å². The van der Waals surface area contributed by atoms with Crippen LogP contribution in [0.15, 0.2) is 69.3 Å². The van der Waals surface area contributed by atoms with E-state index in [9.17, 15) is 24.6 Å². The Morgan fingerprint density at radius 1 is 1.21 bits per heavy atom. The smallest absolute Gasteiger partial charge is 0.335 e. The Morgan fingerprint density at radius 3 is 2.76 bits per heavy atom. The average Bonchev–Trinajstić information content (AvgIpc) is 3.20. The molecule has 0 amide bonds. The second-order valence-corrected chi connectivity index (χ2v) is 7.23. The lowest BCUT2D eigenvalue weighted by atomic mass is 10.1. The van der Waals surface area contributed by atoms with Crippen molar-refractivity contribution in [2.45, 2.75) is 12.5 Å². The molecule has 0 fully saturated rings. The molecule has 4 N–H and O–H groups in total. The Hall–Kier alpha value is -4.60. The van der Waals surface area contributed by atoms with Crippen LogP contribution < -0.4 is 16.0 Å². The van der Waals surface area contributed by atoms with Crippen LogP contribution in [0.1, 0.15) is 11.1 Å². The lowest BCUT2D eigenvalue weighted by molar-refractivity contribution is -0.138. The molecule has 0 aliphatic rings. The number of nitrogens with one attached hydrogen (secondary N) is 2. The van der Waals surface area contributed by atoms with Crippen LogP contribution in [0.25, 0.3) is 16.6 Å². The van der Waals surface area contributed by atoms with Crippen molar-refractivity contribution in [3.05, 3.63) is 86.7 Å². The molecule has 4 rings (SSSR count). The van der Waals surface area contributed by atoms with E-state index in [0.717, 1.165) is 27.2 Å². The zero-order chi connectivity index (χ0) is 23.5.